The molecule has 1 fully saturated rings. The maximum absolute atomic E-state index is 5.92. The molecule has 1 saturated heterocycles. The highest BCUT2D eigenvalue weighted by molar-refractivity contribution is 5.65. The molecule has 0 spiro atoms. The van der Waals surface area contributed by atoms with Crippen LogP contribution >= 0.6 is 0 Å². The molecule has 0 aromatic carbocycles. The highest BCUT2D eigenvalue weighted by Gasteiger charge is 2.15. The molecule has 6 nitrogen and oxygen atoms in total. The topological polar surface area (TPSA) is 88.8 Å². The maximum atomic E-state index is 5.92. The van der Waals surface area contributed by atoms with Crippen molar-refractivity contribution in [2.75, 3.05) is 24.1 Å². The molecule has 1 atom stereocenters. The van der Waals surface area contributed by atoms with Gasteiger partial charge in [0.2, 0.25) is 0 Å². The van der Waals surface area contributed by atoms with Crippen LogP contribution in [0.4, 0.5) is 11.6 Å². The lowest BCUT2D eigenvalue weighted by atomic mass is 10.1. The molecule has 104 valence electrons. The number of hydrogen-bond acceptors (Lipinski definition) is 6. The van der Waals surface area contributed by atoms with Gasteiger partial charge in [-0.15, -0.1) is 0 Å². The number of nitrogen functional groups attached to an aromatic ring is 1. The standard InChI is InChI=1S/C14H18N6/c15-13-14(19-11-2-1-5-17-8-11)20-12(9-18-13)10-3-6-16-7-4-10/h3-4,6-7,9,11,17H,1-2,5,8H2,(H2,15,18)(H,19,20)/t11-/m0/s1. The first-order valence-corrected chi connectivity index (χ1v) is 6.83. The molecule has 0 aliphatic carbocycles. The van der Waals surface area contributed by atoms with Crippen LogP contribution in [0.25, 0.3) is 11.3 Å². The van der Waals surface area contributed by atoms with Crippen molar-refractivity contribution in [1.29, 1.82) is 0 Å². The van der Waals surface area contributed by atoms with Crippen LogP contribution in [0, 0.1) is 0 Å². The first-order chi connectivity index (χ1) is 9.83. The summed E-state index contributed by atoms with van der Waals surface area (Å²) in [7, 11) is 0. The fourth-order valence-electron chi connectivity index (χ4n) is 2.33. The Hall–Kier alpha value is -2.21. The minimum Gasteiger partial charge on any atom is -0.381 e. The van der Waals surface area contributed by atoms with E-state index in [1.54, 1.807) is 18.6 Å². The lowest BCUT2D eigenvalue weighted by Crippen LogP contribution is -2.38. The largest absolute Gasteiger partial charge is 0.381 e. The van der Waals surface area contributed by atoms with Crippen molar-refractivity contribution in [3.05, 3.63) is 30.7 Å². The first-order valence-electron chi connectivity index (χ1n) is 6.83. The summed E-state index contributed by atoms with van der Waals surface area (Å²) < 4.78 is 0. The summed E-state index contributed by atoms with van der Waals surface area (Å²) in [5.41, 5.74) is 7.70. The summed E-state index contributed by atoms with van der Waals surface area (Å²) in [6.07, 6.45) is 7.45. The smallest absolute Gasteiger partial charge is 0.169 e. The zero-order chi connectivity index (χ0) is 13.8. The maximum Gasteiger partial charge on any atom is 0.169 e. The number of hydrogen-bond donors (Lipinski definition) is 3. The van der Waals surface area contributed by atoms with Crippen LogP contribution in [0.15, 0.2) is 30.7 Å². The highest BCUT2D eigenvalue weighted by atomic mass is 15.1. The second-order valence-electron chi connectivity index (χ2n) is 4.91. The summed E-state index contributed by atoms with van der Waals surface area (Å²) in [5, 5.41) is 6.74. The fraction of sp³-hybridized carbons (Fsp3) is 0.357. The van der Waals surface area contributed by atoms with Gasteiger partial charge in [-0.25, -0.2) is 9.97 Å². The molecule has 4 N–H and O–H groups in total. The van der Waals surface area contributed by atoms with E-state index in [4.69, 9.17) is 5.73 Å². The zero-order valence-corrected chi connectivity index (χ0v) is 11.2. The van der Waals surface area contributed by atoms with E-state index in [1.807, 2.05) is 12.1 Å². The lowest BCUT2D eigenvalue weighted by Gasteiger charge is -2.24. The van der Waals surface area contributed by atoms with Crippen molar-refractivity contribution in [3.8, 4) is 11.3 Å². The molecule has 2 aromatic heterocycles. The summed E-state index contributed by atoms with van der Waals surface area (Å²) >= 11 is 0. The third-order valence-electron chi connectivity index (χ3n) is 3.41. The predicted octanol–water partition coefficient (Wildman–Crippen LogP) is 1.28. The van der Waals surface area contributed by atoms with E-state index >= 15 is 0 Å². The second kappa shape index (κ2) is 5.83. The molecular weight excluding hydrogens is 252 g/mol. The molecular formula is C14H18N6. The average Bonchev–Trinajstić information content (AvgIpc) is 2.51. The Bertz CT molecular complexity index is 565. The molecule has 0 unspecified atom stereocenters. The van der Waals surface area contributed by atoms with Crippen molar-refractivity contribution >= 4 is 11.6 Å². The summed E-state index contributed by atoms with van der Waals surface area (Å²) in [4.78, 5) is 12.8. The van der Waals surface area contributed by atoms with E-state index < -0.39 is 0 Å². The van der Waals surface area contributed by atoms with Crippen molar-refractivity contribution in [1.82, 2.24) is 20.3 Å². The van der Waals surface area contributed by atoms with Crippen LogP contribution in [0.2, 0.25) is 0 Å². The van der Waals surface area contributed by atoms with Crippen molar-refractivity contribution in [2.24, 2.45) is 0 Å². The number of nitrogens with one attached hydrogen (secondary N) is 2. The van der Waals surface area contributed by atoms with Crippen LogP contribution < -0.4 is 16.4 Å². The molecule has 6 heteroatoms. The molecule has 3 rings (SSSR count). The second-order valence-corrected chi connectivity index (χ2v) is 4.91. The van der Waals surface area contributed by atoms with E-state index in [9.17, 15) is 0 Å². The van der Waals surface area contributed by atoms with Crippen LogP contribution in [0.3, 0.4) is 0 Å². The van der Waals surface area contributed by atoms with Gasteiger partial charge in [0.05, 0.1) is 11.9 Å². The van der Waals surface area contributed by atoms with Gasteiger partial charge < -0.3 is 16.4 Å². The number of rotatable bonds is 3. The van der Waals surface area contributed by atoms with Crippen molar-refractivity contribution in [3.63, 3.8) is 0 Å². The zero-order valence-electron chi connectivity index (χ0n) is 11.2. The minimum atomic E-state index is 0.355. The molecule has 0 saturated carbocycles. The van der Waals surface area contributed by atoms with Gasteiger partial charge in [-0.05, 0) is 31.5 Å². The third kappa shape index (κ3) is 2.85. The van der Waals surface area contributed by atoms with Gasteiger partial charge in [0.1, 0.15) is 0 Å². The SMILES string of the molecule is Nc1ncc(-c2ccncc2)nc1N[C@H]1CCCNC1. The number of pyridine rings is 1. The number of piperidine rings is 1. The van der Waals surface area contributed by atoms with Gasteiger partial charge in [-0.2, -0.15) is 0 Å². The van der Waals surface area contributed by atoms with Gasteiger partial charge in [0.15, 0.2) is 11.6 Å². The Balaban J connectivity index is 1.83. The number of nitrogens with two attached hydrogens (primary N) is 1. The van der Waals surface area contributed by atoms with E-state index in [0.717, 1.165) is 37.2 Å². The minimum absolute atomic E-state index is 0.355. The number of nitrogens with zero attached hydrogens (tertiary/aromatic N) is 3. The normalized spacial score (nSPS) is 18.7. The van der Waals surface area contributed by atoms with Gasteiger partial charge in [0, 0.05) is 30.5 Å². The van der Waals surface area contributed by atoms with Crippen LogP contribution in [0.1, 0.15) is 12.8 Å². The van der Waals surface area contributed by atoms with Gasteiger partial charge in [0.25, 0.3) is 0 Å². The Kier molecular flexibility index (Phi) is 3.73. The molecule has 20 heavy (non-hydrogen) atoms. The molecule has 0 radical (unpaired) electrons. The quantitative estimate of drug-likeness (QED) is 0.778. The van der Waals surface area contributed by atoms with Crippen molar-refractivity contribution < 1.29 is 0 Å². The number of anilines is 2. The molecule has 2 aromatic rings. The third-order valence-corrected chi connectivity index (χ3v) is 3.41. The molecule has 3 heterocycles. The Morgan fingerprint density at radius 3 is 2.90 bits per heavy atom. The first kappa shape index (κ1) is 12.8. The van der Waals surface area contributed by atoms with E-state index in [1.165, 1.54) is 0 Å². The Morgan fingerprint density at radius 2 is 2.15 bits per heavy atom. The summed E-state index contributed by atoms with van der Waals surface area (Å²) in [5.74, 6) is 1.10. The van der Waals surface area contributed by atoms with E-state index in [-0.39, 0.29) is 0 Å². The molecule has 0 amide bonds. The van der Waals surface area contributed by atoms with Crippen LogP contribution in [-0.2, 0) is 0 Å². The van der Waals surface area contributed by atoms with Crippen LogP contribution in [0.5, 0.6) is 0 Å². The monoisotopic (exact) mass is 270 g/mol. The van der Waals surface area contributed by atoms with E-state index in [0.29, 0.717) is 17.7 Å². The lowest BCUT2D eigenvalue weighted by molar-refractivity contribution is 0.479. The number of aromatic nitrogens is 3. The Morgan fingerprint density at radius 1 is 1.30 bits per heavy atom. The molecule has 1 aliphatic heterocycles. The molecule has 1 aliphatic rings. The van der Waals surface area contributed by atoms with Crippen molar-refractivity contribution in [2.45, 2.75) is 18.9 Å². The fourth-order valence-corrected chi connectivity index (χ4v) is 2.33. The molecule has 0 bridgehead atoms. The highest BCUT2D eigenvalue weighted by Crippen LogP contribution is 2.21. The Labute approximate surface area is 117 Å². The van der Waals surface area contributed by atoms with Gasteiger partial charge >= 0.3 is 0 Å². The average molecular weight is 270 g/mol. The van der Waals surface area contributed by atoms with Crippen LogP contribution in [-0.4, -0.2) is 34.1 Å². The van der Waals surface area contributed by atoms with E-state index in [2.05, 4.69) is 25.6 Å². The summed E-state index contributed by atoms with van der Waals surface area (Å²) in [6, 6.07) is 4.17. The summed E-state index contributed by atoms with van der Waals surface area (Å²) in [6.45, 7) is 2.01. The van der Waals surface area contributed by atoms with Gasteiger partial charge in [-0.3, -0.25) is 4.98 Å². The van der Waals surface area contributed by atoms with Gasteiger partial charge in [-0.1, -0.05) is 0 Å². The predicted molar refractivity (Wildman–Crippen MR) is 79.2 cm³/mol.